The summed E-state index contributed by atoms with van der Waals surface area (Å²) in [5.74, 6) is -4.44. The molecular formula is C11H18O8. The van der Waals surface area contributed by atoms with E-state index in [2.05, 4.69) is 0 Å². The zero-order valence-electron chi connectivity index (χ0n) is 10.8. The molecule has 1 unspecified atom stereocenters. The Morgan fingerprint density at radius 1 is 0.947 bits per heavy atom. The maximum atomic E-state index is 10.7. The third-order valence-electron chi connectivity index (χ3n) is 1.63. The molecule has 0 rings (SSSR count). The van der Waals surface area contributed by atoms with Gasteiger partial charge in [0.1, 0.15) is 12.8 Å². The molecule has 8 nitrogen and oxygen atoms in total. The Labute approximate surface area is 110 Å². The fourth-order valence-corrected chi connectivity index (χ4v) is 0.984. The number of hydrogen-bond donors (Lipinski definition) is 3. The van der Waals surface area contributed by atoms with Gasteiger partial charge in [-0.1, -0.05) is 13.3 Å². The molecule has 3 N–H and O–H groups in total. The van der Waals surface area contributed by atoms with E-state index < -0.39 is 36.7 Å². The molecule has 0 heterocycles. The van der Waals surface area contributed by atoms with Crippen LogP contribution in [0.3, 0.4) is 0 Å². The van der Waals surface area contributed by atoms with Crippen LogP contribution in [-0.4, -0.2) is 45.3 Å². The summed E-state index contributed by atoms with van der Waals surface area (Å²) in [4.78, 5) is 39.6. The monoisotopic (exact) mass is 278 g/mol. The number of carboxylic acid groups (broad SMARTS) is 3. The summed E-state index contributed by atoms with van der Waals surface area (Å²) >= 11 is 0. The summed E-state index contributed by atoms with van der Waals surface area (Å²) in [6.45, 7) is 3.73. The summed E-state index contributed by atoms with van der Waals surface area (Å²) < 4.78 is 4.78. The molecule has 0 aromatic heterocycles. The van der Waals surface area contributed by atoms with Gasteiger partial charge in [-0.05, 0) is 13.3 Å². The molecule has 8 heteroatoms. The molecule has 0 bridgehead atoms. The largest absolute Gasteiger partial charge is 0.481 e. The van der Waals surface area contributed by atoms with Crippen molar-refractivity contribution in [3.63, 3.8) is 0 Å². The highest BCUT2D eigenvalue weighted by Gasteiger charge is 2.11. The van der Waals surface area contributed by atoms with Crippen LogP contribution in [0.2, 0.25) is 0 Å². The van der Waals surface area contributed by atoms with Gasteiger partial charge in [0.2, 0.25) is 0 Å². The maximum absolute atomic E-state index is 10.7. The van der Waals surface area contributed by atoms with E-state index in [0.29, 0.717) is 0 Å². The number of aliphatic carboxylic acids is 3. The SMILES string of the molecule is CCCC(C)OC(=O)CC(=O)O.O=C(O)CC(=O)O. The fourth-order valence-electron chi connectivity index (χ4n) is 0.984. The smallest absolute Gasteiger partial charge is 0.317 e. The Bertz CT molecular complexity index is 311. The van der Waals surface area contributed by atoms with Crippen LogP contribution in [-0.2, 0) is 23.9 Å². The lowest BCUT2D eigenvalue weighted by Gasteiger charge is -2.10. The van der Waals surface area contributed by atoms with Crippen LogP contribution in [0.5, 0.6) is 0 Å². The Morgan fingerprint density at radius 3 is 1.63 bits per heavy atom. The molecule has 0 aliphatic heterocycles. The molecule has 0 spiro atoms. The summed E-state index contributed by atoms with van der Waals surface area (Å²) in [7, 11) is 0. The zero-order chi connectivity index (χ0) is 15.4. The van der Waals surface area contributed by atoms with Crippen LogP contribution in [0.25, 0.3) is 0 Å². The molecule has 0 aliphatic carbocycles. The van der Waals surface area contributed by atoms with Crippen molar-refractivity contribution in [3.8, 4) is 0 Å². The molecule has 0 aliphatic rings. The topological polar surface area (TPSA) is 138 Å². The van der Waals surface area contributed by atoms with E-state index in [1.54, 1.807) is 6.92 Å². The Kier molecular flexibility index (Phi) is 11.1. The van der Waals surface area contributed by atoms with Gasteiger partial charge in [-0.25, -0.2) is 0 Å². The van der Waals surface area contributed by atoms with E-state index in [9.17, 15) is 19.2 Å². The highest BCUT2D eigenvalue weighted by Crippen LogP contribution is 2.02. The minimum atomic E-state index is -1.31. The lowest BCUT2D eigenvalue weighted by Crippen LogP contribution is -2.17. The number of esters is 1. The highest BCUT2D eigenvalue weighted by atomic mass is 16.5. The lowest BCUT2D eigenvalue weighted by molar-refractivity contribution is -0.155. The predicted molar refractivity (Wildman–Crippen MR) is 62.6 cm³/mol. The van der Waals surface area contributed by atoms with Crippen molar-refractivity contribution in [2.45, 2.75) is 45.6 Å². The number of carboxylic acids is 3. The van der Waals surface area contributed by atoms with Gasteiger partial charge in [-0.2, -0.15) is 0 Å². The minimum absolute atomic E-state index is 0.179. The Hall–Kier alpha value is -2.12. The first-order valence-electron chi connectivity index (χ1n) is 5.53. The molecule has 0 fully saturated rings. The van der Waals surface area contributed by atoms with Crippen molar-refractivity contribution >= 4 is 23.9 Å². The second-order valence-electron chi connectivity index (χ2n) is 3.62. The van der Waals surface area contributed by atoms with Crippen LogP contribution >= 0.6 is 0 Å². The first kappa shape index (κ1) is 19.2. The average Bonchev–Trinajstić information content (AvgIpc) is 2.13. The molecule has 0 aromatic carbocycles. The highest BCUT2D eigenvalue weighted by molar-refractivity contribution is 5.90. The van der Waals surface area contributed by atoms with Crippen molar-refractivity contribution in [1.29, 1.82) is 0 Å². The molecule has 0 amide bonds. The number of rotatable bonds is 7. The van der Waals surface area contributed by atoms with Gasteiger partial charge < -0.3 is 20.1 Å². The number of hydrogen-bond acceptors (Lipinski definition) is 5. The van der Waals surface area contributed by atoms with Gasteiger partial charge in [0, 0.05) is 0 Å². The van der Waals surface area contributed by atoms with Crippen molar-refractivity contribution < 1.29 is 39.2 Å². The molecule has 0 radical (unpaired) electrons. The van der Waals surface area contributed by atoms with Crippen LogP contribution in [0.1, 0.15) is 39.5 Å². The van der Waals surface area contributed by atoms with Gasteiger partial charge >= 0.3 is 23.9 Å². The van der Waals surface area contributed by atoms with Crippen molar-refractivity contribution in [3.05, 3.63) is 0 Å². The first-order chi connectivity index (χ1) is 8.68. The molecule has 19 heavy (non-hydrogen) atoms. The Morgan fingerprint density at radius 2 is 1.37 bits per heavy atom. The van der Waals surface area contributed by atoms with Crippen LogP contribution in [0.4, 0.5) is 0 Å². The fraction of sp³-hybridized carbons (Fsp3) is 0.636. The van der Waals surface area contributed by atoms with Gasteiger partial charge in [-0.15, -0.1) is 0 Å². The summed E-state index contributed by atoms with van der Waals surface area (Å²) in [5.41, 5.74) is 0. The molecule has 0 saturated heterocycles. The van der Waals surface area contributed by atoms with Gasteiger partial charge in [0.25, 0.3) is 0 Å². The van der Waals surface area contributed by atoms with Gasteiger partial charge in [-0.3, -0.25) is 19.2 Å². The predicted octanol–water partition coefficient (Wildman–Crippen LogP) is 0.739. The van der Waals surface area contributed by atoms with E-state index in [-0.39, 0.29) is 6.10 Å². The van der Waals surface area contributed by atoms with Crippen molar-refractivity contribution in [2.24, 2.45) is 0 Å². The van der Waals surface area contributed by atoms with Gasteiger partial charge in [0.15, 0.2) is 0 Å². The van der Waals surface area contributed by atoms with Crippen LogP contribution < -0.4 is 0 Å². The molecule has 0 saturated carbocycles. The second-order valence-corrected chi connectivity index (χ2v) is 3.62. The lowest BCUT2D eigenvalue weighted by atomic mass is 10.2. The summed E-state index contributed by atoms with van der Waals surface area (Å²) in [6.07, 6.45) is 0.155. The van der Waals surface area contributed by atoms with E-state index in [1.807, 2.05) is 6.92 Å². The van der Waals surface area contributed by atoms with E-state index in [4.69, 9.17) is 20.1 Å². The van der Waals surface area contributed by atoms with Crippen LogP contribution in [0, 0.1) is 0 Å². The normalized spacial score (nSPS) is 10.6. The minimum Gasteiger partial charge on any atom is -0.481 e. The van der Waals surface area contributed by atoms with Crippen molar-refractivity contribution in [1.82, 2.24) is 0 Å². The molecule has 110 valence electrons. The van der Waals surface area contributed by atoms with E-state index >= 15 is 0 Å². The standard InChI is InChI=1S/C8H14O4.C3H4O4/c1-3-4-6(2)12-8(11)5-7(9)10;4-2(5)1-3(6)7/h6H,3-5H2,1-2H3,(H,9,10);1H2,(H,4,5)(H,6,7). The number of ether oxygens (including phenoxy) is 1. The number of carbonyl (C=O) groups is 4. The van der Waals surface area contributed by atoms with Crippen LogP contribution in [0.15, 0.2) is 0 Å². The quantitative estimate of drug-likeness (QED) is 0.457. The summed E-state index contributed by atoms with van der Waals surface area (Å²) in [5, 5.41) is 23.6. The Balaban J connectivity index is 0. The molecule has 1 atom stereocenters. The van der Waals surface area contributed by atoms with Gasteiger partial charge in [0.05, 0.1) is 6.10 Å². The van der Waals surface area contributed by atoms with E-state index in [0.717, 1.165) is 12.8 Å². The maximum Gasteiger partial charge on any atom is 0.317 e. The van der Waals surface area contributed by atoms with Crippen molar-refractivity contribution in [2.75, 3.05) is 0 Å². The second kappa shape index (κ2) is 11.0. The average molecular weight is 278 g/mol. The third kappa shape index (κ3) is 18.4. The summed E-state index contributed by atoms with van der Waals surface area (Å²) in [6, 6.07) is 0. The molecular weight excluding hydrogens is 260 g/mol. The molecule has 0 aromatic rings. The first-order valence-corrected chi connectivity index (χ1v) is 5.53. The third-order valence-corrected chi connectivity index (χ3v) is 1.63. The zero-order valence-corrected chi connectivity index (χ0v) is 10.8. The number of carbonyl (C=O) groups excluding carboxylic acids is 1. The van der Waals surface area contributed by atoms with E-state index in [1.165, 1.54) is 0 Å².